The molecule has 0 aromatic heterocycles. The van der Waals surface area contributed by atoms with Gasteiger partial charge >= 0.3 is 0 Å². The number of rotatable bonds is 3. The largest absolute Gasteiger partial charge is 0.372 e. The quantitative estimate of drug-likeness (QED) is 0.656. The zero-order valence-corrected chi connectivity index (χ0v) is 17.4. The summed E-state index contributed by atoms with van der Waals surface area (Å²) in [7, 11) is 0. The minimum Gasteiger partial charge on any atom is -0.372 e. The molecule has 3 saturated carbocycles. The highest BCUT2D eigenvalue weighted by Gasteiger charge is 2.59. The first kappa shape index (κ1) is 19.8. The number of fused-ring (bicyclic) bond motifs is 3. The average molecular weight is 361 g/mol. The summed E-state index contributed by atoms with van der Waals surface area (Å²) in [5.74, 6) is 1.92. The van der Waals surface area contributed by atoms with E-state index in [1.807, 2.05) is 6.08 Å². The van der Waals surface area contributed by atoms with E-state index in [4.69, 9.17) is 4.74 Å². The number of allylic oxidation sites excluding steroid dienone is 2. The second-order valence-corrected chi connectivity index (χ2v) is 10.4. The van der Waals surface area contributed by atoms with Gasteiger partial charge in [-0.05, 0) is 96.0 Å². The van der Waals surface area contributed by atoms with Gasteiger partial charge in [-0.25, -0.2) is 0 Å². The molecule has 0 aliphatic heterocycles. The van der Waals surface area contributed by atoms with Crippen molar-refractivity contribution < 1.29 is 14.3 Å². The highest BCUT2D eigenvalue weighted by atomic mass is 16.5. The lowest BCUT2D eigenvalue weighted by Gasteiger charge is -2.55. The van der Waals surface area contributed by atoms with Crippen LogP contribution in [0.15, 0.2) is 12.2 Å². The first-order chi connectivity index (χ1) is 12.0. The predicted molar refractivity (Wildman–Crippen MR) is 104 cm³/mol. The lowest BCUT2D eigenvalue weighted by molar-refractivity contribution is -0.151. The lowest BCUT2D eigenvalue weighted by atomic mass is 9.49. The van der Waals surface area contributed by atoms with Crippen molar-refractivity contribution in [2.75, 3.05) is 0 Å². The Morgan fingerprint density at radius 1 is 1.12 bits per heavy atom. The van der Waals surface area contributed by atoms with E-state index >= 15 is 0 Å². The highest BCUT2D eigenvalue weighted by Crippen LogP contribution is 2.63. The van der Waals surface area contributed by atoms with E-state index in [1.54, 1.807) is 13.0 Å². The fourth-order valence-electron chi connectivity index (χ4n) is 6.29. The number of Topliss-reactive ketones (excluding diaryl/α,β-unsaturated/α-hetero) is 1. The van der Waals surface area contributed by atoms with Crippen molar-refractivity contribution in [2.45, 2.75) is 91.8 Å². The predicted octanol–water partition coefficient (Wildman–Crippen LogP) is 5.13. The van der Waals surface area contributed by atoms with Crippen LogP contribution in [0.2, 0.25) is 0 Å². The van der Waals surface area contributed by atoms with E-state index in [9.17, 15) is 9.59 Å². The van der Waals surface area contributed by atoms with Gasteiger partial charge in [-0.1, -0.05) is 13.0 Å². The summed E-state index contributed by atoms with van der Waals surface area (Å²) in [5.41, 5.74) is -0.362. The summed E-state index contributed by atoms with van der Waals surface area (Å²) in [4.78, 5) is 24.3. The van der Waals surface area contributed by atoms with Crippen LogP contribution < -0.4 is 0 Å². The average Bonchev–Trinajstić information content (AvgIpc) is 2.84. The normalized spacial score (nSPS) is 43.4. The maximum Gasteiger partial charge on any atom is 0.152 e. The third-order valence-corrected chi connectivity index (χ3v) is 7.59. The van der Waals surface area contributed by atoms with Gasteiger partial charge in [0.15, 0.2) is 5.78 Å². The molecule has 0 aromatic rings. The molecule has 6 atom stereocenters. The van der Waals surface area contributed by atoms with Crippen LogP contribution in [-0.2, 0) is 14.3 Å². The fraction of sp³-hybridized carbons (Fsp3) is 0.826. The molecule has 0 aromatic carbocycles. The number of carbonyl (C=O) groups is 2. The summed E-state index contributed by atoms with van der Waals surface area (Å²) in [6.07, 6.45) is 10.1. The fourth-order valence-corrected chi connectivity index (χ4v) is 6.29. The Hall–Kier alpha value is -0.960. The molecule has 0 saturated heterocycles. The molecule has 0 amide bonds. The summed E-state index contributed by atoms with van der Waals surface area (Å²) in [6, 6.07) is 0. The van der Waals surface area contributed by atoms with Crippen molar-refractivity contribution in [3.05, 3.63) is 12.2 Å². The molecule has 3 nitrogen and oxygen atoms in total. The number of hydrogen-bond donors (Lipinski definition) is 0. The van der Waals surface area contributed by atoms with E-state index in [0.29, 0.717) is 36.1 Å². The van der Waals surface area contributed by atoms with Gasteiger partial charge in [0.1, 0.15) is 5.78 Å². The standard InChI is InChI=1S/C23H36O3/c1-15(24)11-13-22(5)18-12-14-23(6)17(16(18)7-9-19(22)25)8-10-20(23)26-21(2,3)4/h11,13,16-18,20H,7-10,12,14H2,1-6H3/b13-11+/t16-,17-,18-,20-,22+,23-/m0/s1. The number of hydrogen-bond acceptors (Lipinski definition) is 3. The van der Waals surface area contributed by atoms with Crippen LogP contribution in [0, 0.1) is 28.6 Å². The minimum atomic E-state index is -0.473. The van der Waals surface area contributed by atoms with Crippen LogP contribution in [0.5, 0.6) is 0 Å². The van der Waals surface area contributed by atoms with Gasteiger partial charge < -0.3 is 4.74 Å². The van der Waals surface area contributed by atoms with Crippen molar-refractivity contribution in [3.63, 3.8) is 0 Å². The Bertz CT molecular complexity index is 613. The molecule has 0 heterocycles. The third kappa shape index (κ3) is 3.32. The smallest absolute Gasteiger partial charge is 0.152 e. The maximum atomic E-state index is 12.8. The van der Waals surface area contributed by atoms with E-state index in [1.165, 1.54) is 6.42 Å². The van der Waals surface area contributed by atoms with Crippen LogP contribution in [0.1, 0.15) is 80.1 Å². The third-order valence-electron chi connectivity index (χ3n) is 7.59. The van der Waals surface area contributed by atoms with E-state index in [2.05, 4.69) is 34.6 Å². The van der Waals surface area contributed by atoms with Gasteiger partial charge in [0.05, 0.1) is 11.7 Å². The number of ketones is 2. The van der Waals surface area contributed by atoms with Gasteiger partial charge in [0, 0.05) is 11.8 Å². The Morgan fingerprint density at radius 3 is 2.42 bits per heavy atom. The van der Waals surface area contributed by atoms with Crippen molar-refractivity contribution in [3.8, 4) is 0 Å². The lowest BCUT2D eigenvalue weighted by Crippen LogP contribution is -2.53. The minimum absolute atomic E-state index is 0.0290. The first-order valence-corrected chi connectivity index (χ1v) is 10.4. The Balaban J connectivity index is 1.87. The molecule has 0 N–H and O–H groups in total. The zero-order valence-electron chi connectivity index (χ0n) is 17.4. The number of ether oxygens (including phenoxy) is 1. The van der Waals surface area contributed by atoms with Crippen LogP contribution in [0.25, 0.3) is 0 Å². The van der Waals surface area contributed by atoms with E-state index in [-0.39, 0.29) is 16.8 Å². The Morgan fingerprint density at radius 2 is 1.81 bits per heavy atom. The summed E-state index contributed by atoms with van der Waals surface area (Å²) < 4.78 is 6.48. The summed E-state index contributed by atoms with van der Waals surface area (Å²) in [5, 5.41) is 0. The van der Waals surface area contributed by atoms with E-state index in [0.717, 1.165) is 25.7 Å². The van der Waals surface area contributed by atoms with Crippen LogP contribution in [-0.4, -0.2) is 23.3 Å². The molecular formula is C23H36O3. The molecule has 3 fully saturated rings. The molecule has 3 rings (SSSR count). The maximum absolute atomic E-state index is 12.8. The van der Waals surface area contributed by atoms with Crippen molar-refractivity contribution in [1.29, 1.82) is 0 Å². The molecule has 0 bridgehead atoms. The topological polar surface area (TPSA) is 43.4 Å². The SMILES string of the molecule is CC(=O)/C=C/[C@@]1(C)C(=O)CC[C@H]2[C@@H]3CC[C@H](OC(C)(C)C)[C@@]3(C)CC[C@@H]21. The Labute approximate surface area is 158 Å². The molecule has 26 heavy (non-hydrogen) atoms. The van der Waals surface area contributed by atoms with Crippen molar-refractivity contribution >= 4 is 11.6 Å². The second-order valence-electron chi connectivity index (χ2n) is 10.4. The molecule has 3 heteroatoms. The summed E-state index contributed by atoms with van der Waals surface area (Å²) >= 11 is 0. The van der Waals surface area contributed by atoms with E-state index < -0.39 is 5.41 Å². The molecule has 0 spiro atoms. The van der Waals surface area contributed by atoms with Gasteiger partial charge in [0.2, 0.25) is 0 Å². The van der Waals surface area contributed by atoms with Crippen molar-refractivity contribution in [1.82, 2.24) is 0 Å². The molecule has 0 unspecified atom stereocenters. The van der Waals surface area contributed by atoms with Gasteiger partial charge in [-0.3, -0.25) is 9.59 Å². The first-order valence-electron chi connectivity index (χ1n) is 10.4. The Kier molecular flexibility index (Phi) is 5.01. The van der Waals surface area contributed by atoms with Gasteiger partial charge in [-0.15, -0.1) is 0 Å². The molecule has 3 aliphatic carbocycles. The molecule has 3 aliphatic rings. The molecule has 146 valence electrons. The van der Waals surface area contributed by atoms with Crippen LogP contribution in [0.3, 0.4) is 0 Å². The van der Waals surface area contributed by atoms with Gasteiger partial charge in [-0.2, -0.15) is 0 Å². The molecule has 0 radical (unpaired) electrons. The van der Waals surface area contributed by atoms with Crippen LogP contribution >= 0.6 is 0 Å². The number of carbonyl (C=O) groups excluding carboxylic acids is 2. The van der Waals surface area contributed by atoms with Crippen LogP contribution in [0.4, 0.5) is 0 Å². The monoisotopic (exact) mass is 360 g/mol. The van der Waals surface area contributed by atoms with Crippen molar-refractivity contribution in [2.24, 2.45) is 28.6 Å². The highest BCUT2D eigenvalue weighted by molar-refractivity contribution is 5.91. The second kappa shape index (κ2) is 6.58. The zero-order chi connectivity index (χ0) is 19.3. The summed E-state index contributed by atoms with van der Waals surface area (Å²) in [6.45, 7) is 12.5. The molecular weight excluding hydrogens is 324 g/mol. The van der Waals surface area contributed by atoms with Gasteiger partial charge in [0.25, 0.3) is 0 Å².